The fraction of sp³-hybridized carbons (Fsp3) is 0.895. The zero-order valence-electron chi connectivity index (χ0n) is 16.3. The molecule has 7 heteroatoms. The van der Waals surface area contributed by atoms with Crippen LogP contribution in [0.15, 0.2) is 4.99 Å². The van der Waals surface area contributed by atoms with Crippen molar-refractivity contribution in [1.29, 1.82) is 0 Å². The van der Waals surface area contributed by atoms with E-state index in [0.29, 0.717) is 18.9 Å². The number of likely N-dealkylation sites (tertiary alicyclic amines) is 1. The molecule has 0 spiro atoms. The molecule has 0 saturated carbocycles. The summed E-state index contributed by atoms with van der Waals surface area (Å²) in [5.41, 5.74) is 0. The predicted molar refractivity (Wildman–Crippen MR) is 103 cm³/mol. The maximum atomic E-state index is 12.0. The number of nitrogens with zero attached hydrogens (tertiary/aromatic N) is 2. The minimum Gasteiger partial charge on any atom is -0.381 e. The second-order valence-electron chi connectivity index (χ2n) is 7.01. The van der Waals surface area contributed by atoms with Crippen molar-refractivity contribution in [3.05, 3.63) is 0 Å². The number of rotatable bonds is 10. The van der Waals surface area contributed by atoms with E-state index < -0.39 is 0 Å². The number of carbonyl (C=O) groups excluding carboxylic acids is 1. The lowest BCUT2D eigenvalue weighted by Gasteiger charge is -2.21. The Bertz CT molecular complexity index is 419. The van der Waals surface area contributed by atoms with Gasteiger partial charge in [-0.05, 0) is 44.9 Å². The monoisotopic (exact) mass is 368 g/mol. The molecule has 7 nitrogen and oxygen atoms in total. The highest BCUT2D eigenvalue weighted by molar-refractivity contribution is 5.81. The van der Waals surface area contributed by atoms with Gasteiger partial charge in [0.05, 0.1) is 0 Å². The van der Waals surface area contributed by atoms with Crippen LogP contribution in [0.2, 0.25) is 0 Å². The summed E-state index contributed by atoms with van der Waals surface area (Å²) < 4.78 is 11.1. The van der Waals surface area contributed by atoms with Crippen molar-refractivity contribution >= 4 is 11.9 Å². The quantitative estimate of drug-likeness (QED) is 0.346. The number of carbonyl (C=O) groups is 1. The Hall–Kier alpha value is -1.34. The highest BCUT2D eigenvalue weighted by Crippen LogP contribution is 2.14. The third-order valence-corrected chi connectivity index (χ3v) is 4.85. The van der Waals surface area contributed by atoms with Gasteiger partial charge in [0.25, 0.3) is 0 Å². The lowest BCUT2D eigenvalue weighted by molar-refractivity contribution is -0.129. The van der Waals surface area contributed by atoms with E-state index in [4.69, 9.17) is 9.47 Å². The SMILES string of the molecule is CCNC(=NCCCOCC1CCOCC1)NCCC(=O)N1CCCC1. The van der Waals surface area contributed by atoms with Crippen LogP contribution in [0.3, 0.4) is 0 Å². The van der Waals surface area contributed by atoms with E-state index in [1.54, 1.807) is 0 Å². The molecule has 0 aliphatic carbocycles. The molecule has 0 aromatic rings. The van der Waals surface area contributed by atoms with Gasteiger partial charge in [-0.2, -0.15) is 0 Å². The highest BCUT2D eigenvalue weighted by Gasteiger charge is 2.17. The second kappa shape index (κ2) is 12.9. The van der Waals surface area contributed by atoms with Crippen LogP contribution in [0, 0.1) is 5.92 Å². The van der Waals surface area contributed by atoms with Gasteiger partial charge in [0.15, 0.2) is 5.96 Å². The van der Waals surface area contributed by atoms with E-state index in [2.05, 4.69) is 15.6 Å². The van der Waals surface area contributed by atoms with Crippen LogP contribution < -0.4 is 10.6 Å². The largest absolute Gasteiger partial charge is 0.381 e. The van der Waals surface area contributed by atoms with Crippen LogP contribution in [-0.2, 0) is 14.3 Å². The van der Waals surface area contributed by atoms with E-state index in [9.17, 15) is 4.79 Å². The molecule has 2 N–H and O–H groups in total. The molecule has 2 saturated heterocycles. The van der Waals surface area contributed by atoms with E-state index in [0.717, 1.165) is 90.7 Å². The summed E-state index contributed by atoms with van der Waals surface area (Å²) >= 11 is 0. The van der Waals surface area contributed by atoms with Crippen molar-refractivity contribution in [2.75, 3.05) is 59.2 Å². The van der Waals surface area contributed by atoms with Gasteiger partial charge in [0.2, 0.25) is 5.91 Å². The van der Waals surface area contributed by atoms with Gasteiger partial charge in [-0.25, -0.2) is 0 Å². The molecule has 2 fully saturated rings. The molecule has 26 heavy (non-hydrogen) atoms. The molecule has 0 unspecified atom stereocenters. The molecule has 2 aliphatic rings. The minimum absolute atomic E-state index is 0.243. The number of guanidine groups is 1. The molecular weight excluding hydrogens is 332 g/mol. The van der Waals surface area contributed by atoms with Crippen molar-refractivity contribution in [3.63, 3.8) is 0 Å². The smallest absolute Gasteiger partial charge is 0.224 e. The summed E-state index contributed by atoms with van der Waals surface area (Å²) in [6, 6.07) is 0. The standard InChI is InChI=1S/C19H36N4O3/c1-2-20-19(22-10-6-18(24)23-11-3-4-12-23)21-9-5-13-26-16-17-7-14-25-15-8-17/h17H,2-16H2,1H3,(H2,20,21,22). The average molecular weight is 369 g/mol. The summed E-state index contributed by atoms with van der Waals surface area (Å²) in [6.07, 6.45) is 5.94. The molecular formula is C19H36N4O3. The topological polar surface area (TPSA) is 75.2 Å². The predicted octanol–water partition coefficient (Wildman–Crippen LogP) is 1.39. The first-order chi connectivity index (χ1) is 12.8. The van der Waals surface area contributed by atoms with Crippen molar-refractivity contribution in [2.24, 2.45) is 10.9 Å². The number of hydrogen-bond acceptors (Lipinski definition) is 4. The second-order valence-corrected chi connectivity index (χ2v) is 7.01. The Balaban J connectivity index is 1.54. The minimum atomic E-state index is 0.243. The summed E-state index contributed by atoms with van der Waals surface area (Å²) in [6.45, 7) is 9.37. The van der Waals surface area contributed by atoms with Crippen molar-refractivity contribution in [3.8, 4) is 0 Å². The summed E-state index contributed by atoms with van der Waals surface area (Å²) in [7, 11) is 0. The van der Waals surface area contributed by atoms with Crippen LogP contribution in [0.5, 0.6) is 0 Å². The zero-order valence-corrected chi connectivity index (χ0v) is 16.3. The number of nitrogens with one attached hydrogen (secondary N) is 2. The molecule has 0 atom stereocenters. The normalized spacial score (nSPS) is 19.0. The summed E-state index contributed by atoms with van der Waals surface area (Å²) in [5, 5.41) is 6.48. The van der Waals surface area contributed by atoms with Crippen LogP contribution in [0.1, 0.15) is 45.4 Å². The molecule has 0 bridgehead atoms. The maximum absolute atomic E-state index is 12.0. The maximum Gasteiger partial charge on any atom is 0.224 e. The fourth-order valence-electron chi connectivity index (χ4n) is 3.27. The molecule has 0 radical (unpaired) electrons. The van der Waals surface area contributed by atoms with Crippen molar-refractivity contribution in [1.82, 2.24) is 15.5 Å². The van der Waals surface area contributed by atoms with Crippen molar-refractivity contribution in [2.45, 2.75) is 45.4 Å². The highest BCUT2D eigenvalue weighted by atomic mass is 16.5. The van der Waals surface area contributed by atoms with E-state index >= 15 is 0 Å². The molecule has 2 heterocycles. The molecule has 150 valence electrons. The van der Waals surface area contributed by atoms with Gasteiger partial charge >= 0.3 is 0 Å². The number of ether oxygens (including phenoxy) is 2. The number of aliphatic imine (C=N–C) groups is 1. The zero-order chi connectivity index (χ0) is 18.5. The first-order valence-electron chi connectivity index (χ1n) is 10.2. The molecule has 2 aliphatic heterocycles. The summed E-state index contributed by atoms with van der Waals surface area (Å²) in [5.74, 6) is 1.68. The van der Waals surface area contributed by atoms with Gasteiger partial charge in [0.1, 0.15) is 0 Å². The first kappa shape index (κ1) is 21.0. The first-order valence-corrected chi connectivity index (χ1v) is 10.2. The average Bonchev–Trinajstić information content (AvgIpc) is 3.20. The number of amides is 1. The Labute approximate surface area is 157 Å². The fourth-order valence-corrected chi connectivity index (χ4v) is 3.27. The molecule has 1 amide bonds. The molecule has 2 rings (SSSR count). The molecule has 0 aromatic heterocycles. The Morgan fingerprint density at radius 1 is 1.23 bits per heavy atom. The lowest BCUT2D eigenvalue weighted by atomic mass is 10.0. The van der Waals surface area contributed by atoms with Gasteiger partial charge in [0, 0.05) is 65.6 Å². The van der Waals surface area contributed by atoms with Crippen LogP contribution >= 0.6 is 0 Å². The van der Waals surface area contributed by atoms with Gasteiger partial charge in [-0.1, -0.05) is 0 Å². The Morgan fingerprint density at radius 3 is 2.73 bits per heavy atom. The Kier molecular flexibility index (Phi) is 10.4. The van der Waals surface area contributed by atoms with Crippen LogP contribution in [0.4, 0.5) is 0 Å². The Morgan fingerprint density at radius 2 is 2.00 bits per heavy atom. The number of hydrogen-bond donors (Lipinski definition) is 2. The van der Waals surface area contributed by atoms with Crippen LogP contribution in [-0.4, -0.2) is 75.9 Å². The summed E-state index contributed by atoms with van der Waals surface area (Å²) in [4.78, 5) is 18.6. The third-order valence-electron chi connectivity index (χ3n) is 4.85. The van der Waals surface area contributed by atoms with Crippen molar-refractivity contribution < 1.29 is 14.3 Å². The third kappa shape index (κ3) is 8.36. The lowest BCUT2D eigenvalue weighted by Crippen LogP contribution is -2.39. The van der Waals surface area contributed by atoms with E-state index in [1.807, 2.05) is 11.8 Å². The van der Waals surface area contributed by atoms with Gasteiger partial charge in [-0.3, -0.25) is 9.79 Å². The van der Waals surface area contributed by atoms with E-state index in [1.165, 1.54) is 0 Å². The van der Waals surface area contributed by atoms with Gasteiger partial charge in [-0.15, -0.1) is 0 Å². The molecule has 0 aromatic carbocycles. The van der Waals surface area contributed by atoms with E-state index in [-0.39, 0.29) is 5.91 Å². The van der Waals surface area contributed by atoms with Crippen LogP contribution in [0.25, 0.3) is 0 Å². The van der Waals surface area contributed by atoms with Gasteiger partial charge < -0.3 is 25.0 Å².